The number of benzene rings is 1. The molecule has 0 amide bonds. The fourth-order valence-corrected chi connectivity index (χ4v) is 2.65. The van der Waals surface area contributed by atoms with Crippen LogP contribution in [-0.2, 0) is 0 Å². The topological polar surface area (TPSA) is 84.0 Å². The number of nitrogens with two attached hydrogens (primary N) is 1. The second kappa shape index (κ2) is 5.90. The minimum atomic E-state index is 0.329. The molecule has 106 valence electrons. The summed E-state index contributed by atoms with van der Waals surface area (Å²) < 4.78 is 1.55. The smallest absolute Gasteiger partial charge is 0.262 e. The Balaban J connectivity index is 1.71. The molecular weight excluding hydrogens is 304 g/mol. The zero-order valence-electron chi connectivity index (χ0n) is 10.9. The largest absolute Gasteiger partial charge is 0.334 e. The van der Waals surface area contributed by atoms with E-state index in [-0.39, 0.29) is 0 Å². The quantitative estimate of drug-likeness (QED) is 0.299. The first-order valence-electron chi connectivity index (χ1n) is 6.09. The Morgan fingerprint density at radius 2 is 2.14 bits per heavy atom. The third-order valence-electron chi connectivity index (χ3n) is 2.79. The molecule has 0 aliphatic heterocycles. The van der Waals surface area contributed by atoms with Crippen LogP contribution in [0.15, 0.2) is 46.9 Å². The lowest BCUT2D eigenvalue weighted by Crippen LogP contribution is -2.11. The summed E-state index contributed by atoms with van der Waals surface area (Å²) in [5, 5.41) is 12.7. The molecule has 0 radical (unpaired) electrons. The van der Waals surface area contributed by atoms with E-state index in [0.717, 1.165) is 4.88 Å². The summed E-state index contributed by atoms with van der Waals surface area (Å²) >= 11 is 6.52. The van der Waals surface area contributed by atoms with Crippen LogP contribution >= 0.6 is 23.6 Å². The maximum absolute atomic E-state index is 5.65. The molecule has 3 aromatic rings. The molecule has 4 N–H and O–H groups in total. The van der Waals surface area contributed by atoms with Crippen molar-refractivity contribution >= 4 is 35.7 Å². The average Bonchev–Trinajstić information content (AvgIpc) is 3.10. The van der Waals surface area contributed by atoms with Gasteiger partial charge in [0.2, 0.25) is 4.77 Å². The van der Waals surface area contributed by atoms with Crippen LogP contribution in [0.5, 0.6) is 0 Å². The summed E-state index contributed by atoms with van der Waals surface area (Å²) in [6.45, 7) is 0. The van der Waals surface area contributed by atoms with Gasteiger partial charge in [0.1, 0.15) is 0 Å². The van der Waals surface area contributed by atoms with Gasteiger partial charge in [0.25, 0.3) is 5.95 Å². The summed E-state index contributed by atoms with van der Waals surface area (Å²) in [6, 6.07) is 12.3. The number of nitrogens with one attached hydrogen (secondary N) is 2. The lowest BCUT2D eigenvalue weighted by molar-refractivity contribution is 0.971. The van der Waals surface area contributed by atoms with Crippen molar-refractivity contribution in [2.24, 2.45) is 5.10 Å². The summed E-state index contributed by atoms with van der Waals surface area (Å²) in [7, 11) is 0. The van der Waals surface area contributed by atoms with Gasteiger partial charge in [-0.2, -0.15) is 9.78 Å². The molecule has 8 heteroatoms. The summed E-state index contributed by atoms with van der Waals surface area (Å²) in [5.74, 6) is 6.00. The lowest BCUT2D eigenvalue weighted by atomic mass is 10.1. The Labute approximate surface area is 129 Å². The monoisotopic (exact) mass is 316 g/mol. The van der Waals surface area contributed by atoms with Crippen molar-refractivity contribution in [2.75, 3.05) is 11.3 Å². The molecule has 0 atom stereocenters. The Bertz CT molecular complexity index is 815. The van der Waals surface area contributed by atoms with E-state index in [4.69, 9.17) is 18.1 Å². The van der Waals surface area contributed by atoms with E-state index in [1.165, 1.54) is 15.8 Å². The standard InChI is InChI=1S/C13H12N6S2/c14-19-12(17-18-13(19)20)16-15-7-11-6-10(8-21-11)9-4-2-1-3-5-9/h1-8H,14H2,(H,16,17)(H,18,20). The summed E-state index contributed by atoms with van der Waals surface area (Å²) in [5.41, 5.74) is 5.09. The van der Waals surface area contributed by atoms with E-state index >= 15 is 0 Å². The number of hydrogen-bond acceptors (Lipinski definition) is 6. The number of thiophene rings is 1. The maximum atomic E-state index is 5.65. The van der Waals surface area contributed by atoms with Gasteiger partial charge in [-0.15, -0.1) is 16.4 Å². The van der Waals surface area contributed by atoms with Crippen LogP contribution in [0.25, 0.3) is 11.1 Å². The Hall–Kier alpha value is -2.45. The molecule has 0 aliphatic carbocycles. The molecule has 0 saturated heterocycles. The molecule has 2 heterocycles. The zero-order chi connectivity index (χ0) is 14.7. The van der Waals surface area contributed by atoms with E-state index in [1.54, 1.807) is 17.6 Å². The predicted molar refractivity (Wildman–Crippen MR) is 88.5 cm³/mol. The minimum Gasteiger partial charge on any atom is -0.334 e. The number of anilines is 1. The highest BCUT2D eigenvalue weighted by Crippen LogP contribution is 2.24. The lowest BCUT2D eigenvalue weighted by Gasteiger charge is -1.96. The number of nitrogen functional groups attached to an aromatic ring is 1. The first-order valence-corrected chi connectivity index (χ1v) is 7.38. The number of hydrazone groups is 1. The van der Waals surface area contributed by atoms with Crippen LogP contribution in [0.1, 0.15) is 4.88 Å². The summed E-state index contributed by atoms with van der Waals surface area (Å²) in [4.78, 5) is 1.03. The molecular formula is C13H12N6S2. The van der Waals surface area contributed by atoms with Crippen LogP contribution in [0.3, 0.4) is 0 Å². The molecule has 0 saturated carbocycles. The Morgan fingerprint density at radius 1 is 1.33 bits per heavy atom. The predicted octanol–water partition coefficient (Wildman–Crippen LogP) is 2.83. The molecule has 3 rings (SSSR count). The van der Waals surface area contributed by atoms with E-state index in [9.17, 15) is 0 Å². The second-order valence-corrected chi connectivity index (χ2v) is 5.53. The molecule has 0 unspecified atom stereocenters. The van der Waals surface area contributed by atoms with Crippen LogP contribution in [0.2, 0.25) is 0 Å². The zero-order valence-corrected chi connectivity index (χ0v) is 12.5. The SMILES string of the molecule is Nn1c(NN=Cc2cc(-c3ccccc3)cs2)n[nH]c1=S. The van der Waals surface area contributed by atoms with Gasteiger partial charge in [-0.25, -0.2) is 10.5 Å². The highest BCUT2D eigenvalue weighted by Gasteiger charge is 2.01. The molecule has 6 nitrogen and oxygen atoms in total. The van der Waals surface area contributed by atoms with Crippen LogP contribution in [0.4, 0.5) is 5.95 Å². The molecule has 0 aliphatic rings. The van der Waals surface area contributed by atoms with Crippen molar-refractivity contribution in [1.29, 1.82) is 0 Å². The minimum absolute atomic E-state index is 0.329. The summed E-state index contributed by atoms with van der Waals surface area (Å²) in [6.07, 6.45) is 1.72. The maximum Gasteiger partial charge on any atom is 0.262 e. The van der Waals surface area contributed by atoms with Gasteiger partial charge in [-0.1, -0.05) is 30.3 Å². The van der Waals surface area contributed by atoms with Crippen molar-refractivity contribution in [3.8, 4) is 11.1 Å². The van der Waals surface area contributed by atoms with Gasteiger partial charge < -0.3 is 5.84 Å². The molecule has 0 bridgehead atoms. The fourth-order valence-electron chi connectivity index (χ4n) is 1.74. The first kappa shape index (κ1) is 13.5. The fraction of sp³-hybridized carbons (Fsp3) is 0. The molecule has 2 aromatic heterocycles. The number of rotatable bonds is 4. The van der Waals surface area contributed by atoms with Gasteiger partial charge in [-0.3, -0.25) is 0 Å². The second-order valence-electron chi connectivity index (χ2n) is 4.20. The van der Waals surface area contributed by atoms with Gasteiger partial charge in [0.05, 0.1) is 6.21 Å². The molecule has 0 spiro atoms. The average molecular weight is 316 g/mol. The number of H-pyrrole nitrogens is 1. The van der Waals surface area contributed by atoms with Gasteiger partial charge in [-0.05, 0) is 34.8 Å². The molecule has 21 heavy (non-hydrogen) atoms. The highest BCUT2D eigenvalue weighted by molar-refractivity contribution is 7.71. The Morgan fingerprint density at radius 3 is 2.86 bits per heavy atom. The van der Waals surface area contributed by atoms with Crippen molar-refractivity contribution in [2.45, 2.75) is 0 Å². The molecule has 0 fully saturated rings. The number of nitrogens with zero attached hydrogens (tertiary/aromatic N) is 3. The third kappa shape index (κ3) is 3.01. The van der Waals surface area contributed by atoms with Gasteiger partial charge >= 0.3 is 0 Å². The van der Waals surface area contributed by atoms with Crippen molar-refractivity contribution in [1.82, 2.24) is 14.9 Å². The van der Waals surface area contributed by atoms with E-state index in [0.29, 0.717) is 10.7 Å². The van der Waals surface area contributed by atoms with Crippen LogP contribution in [0, 0.1) is 4.77 Å². The normalized spacial score (nSPS) is 11.0. The van der Waals surface area contributed by atoms with Crippen molar-refractivity contribution < 1.29 is 0 Å². The highest BCUT2D eigenvalue weighted by atomic mass is 32.1. The van der Waals surface area contributed by atoms with Gasteiger partial charge in [0.15, 0.2) is 0 Å². The van der Waals surface area contributed by atoms with Gasteiger partial charge in [0, 0.05) is 4.88 Å². The molecule has 1 aromatic carbocycles. The van der Waals surface area contributed by atoms with Crippen molar-refractivity contribution in [3.63, 3.8) is 0 Å². The Kier molecular flexibility index (Phi) is 3.80. The third-order valence-corrected chi connectivity index (χ3v) is 3.94. The van der Waals surface area contributed by atoms with Crippen LogP contribution < -0.4 is 11.3 Å². The first-order chi connectivity index (χ1) is 10.2. The van der Waals surface area contributed by atoms with Crippen molar-refractivity contribution in [3.05, 3.63) is 51.4 Å². The number of aromatic nitrogens is 3. The number of aromatic amines is 1. The van der Waals surface area contributed by atoms with E-state index in [1.807, 2.05) is 18.2 Å². The van der Waals surface area contributed by atoms with E-state index in [2.05, 4.69) is 44.3 Å². The number of hydrogen-bond donors (Lipinski definition) is 3. The van der Waals surface area contributed by atoms with Crippen LogP contribution in [-0.4, -0.2) is 21.1 Å². The van der Waals surface area contributed by atoms with E-state index < -0.39 is 0 Å².